The number of aliphatic hydroxyl groups is 1. The predicted molar refractivity (Wildman–Crippen MR) is 214 cm³/mol. The van der Waals surface area contributed by atoms with Crippen LogP contribution in [0, 0.1) is 35.5 Å². The molecule has 11 nitrogen and oxygen atoms in total. The minimum Gasteiger partial charge on any atom is -0.396 e. The van der Waals surface area contributed by atoms with Crippen LogP contribution in [0.2, 0.25) is 0 Å². The molecule has 1 aliphatic heterocycles. The first-order chi connectivity index (χ1) is 25.6. The monoisotopic (exact) mass is 752 g/mol. The maximum Gasteiger partial charge on any atom is 0.226 e. The largest absolute Gasteiger partial charge is 0.396 e. The third-order valence-electron chi connectivity index (χ3n) is 12.1. The molecule has 0 saturated carbocycles. The van der Waals surface area contributed by atoms with Crippen molar-refractivity contribution >= 4 is 34.3 Å². The maximum absolute atomic E-state index is 14.2. The van der Waals surface area contributed by atoms with Gasteiger partial charge in [0.15, 0.2) is 5.78 Å². The number of ether oxygens (including phenoxy) is 1. The number of likely N-dealkylation sites (tertiary alicyclic amines) is 1. The maximum atomic E-state index is 14.2. The van der Waals surface area contributed by atoms with Crippen LogP contribution in [0.5, 0.6) is 0 Å². The zero-order chi connectivity index (χ0) is 40.3. The molecule has 1 aromatic carbocycles. The number of aromatic nitrogens is 1. The van der Waals surface area contributed by atoms with E-state index in [9.17, 15) is 24.3 Å². The van der Waals surface area contributed by atoms with Crippen molar-refractivity contribution in [1.29, 1.82) is 0 Å². The number of hydrogen-bond acceptors (Lipinski definition) is 9. The molecular weight excluding hydrogens is 683 g/mol. The van der Waals surface area contributed by atoms with Crippen molar-refractivity contribution < 1.29 is 29.0 Å². The SMILES string of the molecule is CC[C@H](C)C([C@@H](CC(=O)N1CCC[C@H]1[C@H](CO)[C@@H](C)C(=O)CCCc1ccc2ncccc2c1)OC)N(C)C(=O)[C@@H](CC(=O)[C@H](C(C)C)N(C)N)C(C)C. The van der Waals surface area contributed by atoms with Gasteiger partial charge in [-0.3, -0.25) is 30.0 Å². The summed E-state index contributed by atoms with van der Waals surface area (Å²) in [6, 6.07) is 8.96. The predicted octanol–water partition coefficient (Wildman–Crippen LogP) is 5.70. The van der Waals surface area contributed by atoms with Crippen LogP contribution >= 0.6 is 0 Å². The lowest BCUT2D eigenvalue weighted by Crippen LogP contribution is -2.54. The van der Waals surface area contributed by atoms with Crippen molar-refractivity contribution in [2.24, 2.45) is 41.4 Å². The Morgan fingerprint density at radius 2 is 1.72 bits per heavy atom. The lowest BCUT2D eigenvalue weighted by Gasteiger charge is -2.41. The molecule has 2 amide bonds. The Kier molecular flexibility index (Phi) is 17.7. The average Bonchev–Trinajstić information content (AvgIpc) is 3.62. The van der Waals surface area contributed by atoms with Crippen LogP contribution < -0.4 is 5.84 Å². The summed E-state index contributed by atoms with van der Waals surface area (Å²) in [5.74, 6) is 4.37. The van der Waals surface area contributed by atoms with Crippen LogP contribution in [0.4, 0.5) is 0 Å². The lowest BCUT2D eigenvalue weighted by atomic mass is 9.82. The van der Waals surface area contributed by atoms with Crippen molar-refractivity contribution in [3.05, 3.63) is 42.1 Å². The quantitative estimate of drug-likeness (QED) is 0.114. The zero-order valence-corrected chi connectivity index (χ0v) is 34.7. The number of carbonyl (C=O) groups excluding carboxylic acids is 4. The van der Waals surface area contributed by atoms with Crippen molar-refractivity contribution in [3.63, 3.8) is 0 Å². The van der Waals surface area contributed by atoms with E-state index in [2.05, 4.69) is 31.0 Å². The molecule has 54 heavy (non-hydrogen) atoms. The van der Waals surface area contributed by atoms with Gasteiger partial charge >= 0.3 is 0 Å². The standard InChI is InChI=1S/C43H69N5O6/c1-11-29(6)42(46(8)43(53)33(27(2)3)24-38(51)41(28(4)5)47(9)44)39(54-10)25-40(52)48-22-14-17-36(48)34(26-49)30(7)37(50)18-12-15-31-19-20-35-32(23-31)16-13-21-45-35/h13,16,19-21,23,27-30,33-34,36,39,41-42,49H,11-12,14-15,17-18,22,24-26,44H2,1-10H3/t29-,30+,33-,34+,36-,39+,41-,42?/m0/s1. The second-order valence-corrected chi connectivity index (χ2v) is 16.5. The number of aryl methyl sites for hydroxylation is 1. The smallest absolute Gasteiger partial charge is 0.226 e. The Labute approximate surface area is 324 Å². The summed E-state index contributed by atoms with van der Waals surface area (Å²) in [7, 11) is 5.02. The summed E-state index contributed by atoms with van der Waals surface area (Å²) in [6.45, 7) is 14.2. The van der Waals surface area contributed by atoms with Crippen LogP contribution in [0.3, 0.4) is 0 Å². The van der Waals surface area contributed by atoms with Crippen molar-refractivity contribution in [2.75, 3.05) is 34.4 Å². The second kappa shape index (κ2) is 21.2. The number of pyridine rings is 1. The summed E-state index contributed by atoms with van der Waals surface area (Å²) in [6.07, 6.45) is 5.44. The van der Waals surface area contributed by atoms with Gasteiger partial charge in [0, 0.05) is 82.6 Å². The fourth-order valence-corrected chi connectivity index (χ4v) is 8.67. The molecule has 3 N–H and O–H groups in total. The van der Waals surface area contributed by atoms with E-state index in [1.165, 1.54) is 5.01 Å². The van der Waals surface area contributed by atoms with E-state index in [4.69, 9.17) is 10.6 Å². The van der Waals surface area contributed by atoms with E-state index < -0.39 is 30.0 Å². The molecule has 0 radical (unpaired) electrons. The van der Waals surface area contributed by atoms with Crippen molar-refractivity contribution in [3.8, 4) is 0 Å². The molecule has 2 heterocycles. The number of benzene rings is 1. The highest BCUT2D eigenvalue weighted by atomic mass is 16.5. The van der Waals surface area contributed by atoms with Gasteiger partial charge in [0.05, 0.1) is 30.1 Å². The van der Waals surface area contributed by atoms with Gasteiger partial charge in [-0.1, -0.05) is 67.0 Å². The van der Waals surface area contributed by atoms with Crippen LogP contribution in [0.15, 0.2) is 36.5 Å². The lowest BCUT2D eigenvalue weighted by molar-refractivity contribution is -0.148. The first-order valence-electron chi connectivity index (χ1n) is 20.1. The summed E-state index contributed by atoms with van der Waals surface area (Å²) in [5.41, 5.74) is 2.10. The highest BCUT2D eigenvalue weighted by molar-refractivity contribution is 5.90. The number of nitrogens with two attached hydrogens (primary N) is 1. The number of hydrazine groups is 1. The first kappa shape index (κ1) is 45.1. The van der Waals surface area contributed by atoms with E-state index in [1.54, 1.807) is 32.3 Å². The average molecular weight is 752 g/mol. The Balaban J connectivity index is 1.71. The topological polar surface area (TPSA) is 146 Å². The molecule has 1 aromatic heterocycles. The number of rotatable bonds is 22. The van der Waals surface area contributed by atoms with Crippen LogP contribution in [-0.4, -0.2) is 107 Å². The Bertz CT molecular complexity index is 1520. The number of Topliss-reactive ketones (excluding diaryl/α,β-unsaturated/α-hetero) is 2. The van der Waals surface area contributed by atoms with Gasteiger partial charge in [-0.05, 0) is 67.2 Å². The molecule has 1 aliphatic rings. The van der Waals surface area contributed by atoms with Gasteiger partial charge in [-0.2, -0.15) is 0 Å². The number of nitrogens with zero attached hydrogens (tertiary/aromatic N) is 4. The first-order valence-corrected chi connectivity index (χ1v) is 20.1. The number of aliphatic hydroxyl groups excluding tert-OH is 1. The molecule has 1 fully saturated rings. The number of ketones is 2. The number of amides is 2. The molecule has 1 unspecified atom stereocenters. The fourth-order valence-electron chi connectivity index (χ4n) is 8.67. The van der Waals surface area contributed by atoms with Gasteiger partial charge in [-0.25, -0.2) is 5.01 Å². The molecule has 302 valence electrons. The number of methoxy groups -OCH3 is 1. The van der Waals surface area contributed by atoms with Gasteiger partial charge in [-0.15, -0.1) is 0 Å². The van der Waals surface area contributed by atoms with Crippen molar-refractivity contribution in [2.45, 2.75) is 124 Å². The molecule has 0 aliphatic carbocycles. The van der Waals surface area contributed by atoms with Gasteiger partial charge in [0.2, 0.25) is 11.8 Å². The summed E-state index contributed by atoms with van der Waals surface area (Å²) in [5, 5.41) is 13.1. The summed E-state index contributed by atoms with van der Waals surface area (Å²) >= 11 is 0. The van der Waals surface area contributed by atoms with Crippen molar-refractivity contribution in [1.82, 2.24) is 19.8 Å². The third kappa shape index (κ3) is 11.4. The normalized spacial score (nSPS) is 18.8. The summed E-state index contributed by atoms with van der Waals surface area (Å²) in [4.78, 5) is 63.3. The zero-order valence-electron chi connectivity index (χ0n) is 34.7. The third-order valence-corrected chi connectivity index (χ3v) is 12.1. The molecule has 1 saturated heterocycles. The fraction of sp³-hybridized carbons (Fsp3) is 0.698. The Morgan fingerprint density at radius 1 is 1.02 bits per heavy atom. The molecular formula is C43H69N5O6. The Hall–Kier alpha value is -3.25. The van der Waals surface area contributed by atoms with E-state index in [0.717, 1.165) is 35.7 Å². The van der Waals surface area contributed by atoms with Crippen LogP contribution in [0.1, 0.15) is 99.0 Å². The minimum atomic E-state index is -0.595. The molecule has 11 heteroatoms. The number of hydrogen-bond donors (Lipinski definition) is 2. The van der Waals surface area contributed by atoms with Crippen LogP contribution in [-0.2, 0) is 30.3 Å². The van der Waals surface area contributed by atoms with Gasteiger partial charge in [0.25, 0.3) is 0 Å². The number of fused-ring (bicyclic) bond motifs is 1. The van der Waals surface area contributed by atoms with Crippen LogP contribution in [0.25, 0.3) is 10.9 Å². The molecule has 0 spiro atoms. The highest BCUT2D eigenvalue weighted by Gasteiger charge is 2.42. The molecule has 0 bridgehead atoms. The molecule has 3 rings (SSSR count). The van der Waals surface area contributed by atoms with E-state index >= 15 is 0 Å². The van der Waals surface area contributed by atoms with E-state index in [0.29, 0.717) is 25.8 Å². The highest BCUT2D eigenvalue weighted by Crippen LogP contribution is 2.33. The number of likely N-dealkylation sites (N-methyl/N-ethyl adjacent to an activating group) is 2. The molecule has 8 atom stereocenters. The summed E-state index contributed by atoms with van der Waals surface area (Å²) < 4.78 is 6.03. The van der Waals surface area contributed by atoms with Gasteiger partial charge in [0.1, 0.15) is 5.78 Å². The number of carbonyl (C=O) groups is 4. The van der Waals surface area contributed by atoms with Gasteiger partial charge < -0.3 is 19.6 Å². The Morgan fingerprint density at radius 3 is 2.31 bits per heavy atom. The van der Waals surface area contributed by atoms with E-state index in [1.807, 2.05) is 57.7 Å². The van der Waals surface area contributed by atoms with E-state index in [-0.39, 0.29) is 72.5 Å². The molecule has 2 aromatic rings. The minimum absolute atomic E-state index is 0.00212. The second-order valence-electron chi connectivity index (χ2n) is 16.5.